The highest BCUT2D eigenvalue weighted by Gasteiger charge is 2.61. The number of nitrogens with zero attached hydrogens (tertiary/aromatic N) is 3. The second-order valence-electron chi connectivity index (χ2n) is 15.9. The molecular weight excluding hydrogens is 754 g/mol. The number of nitriles is 1. The molecule has 4 bridgehead atoms. The van der Waals surface area contributed by atoms with Gasteiger partial charge in [-0.3, -0.25) is 24.7 Å². The lowest BCUT2D eigenvalue weighted by atomic mass is 9.71. The van der Waals surface area contributed by atoms with Gasteiger partial charge in [0.05, 0.1) is 37.1 Å². The number of carbonyl (C=O) groups is 2. The molecule has 4 aromatic rings. The number of carbonyl (C=O) groups excluding carboxylic acids is 2. The zero-order chi connectivity index (χ0) is 39.7. The molecule has 0 amide bonds. The maximum atomic E-state index is 14.8. The summed E-state index contributed by atoms with van der Waals surface area (Å²) < 4.78 is 45.5. The maximum absolute atomic E-state index is 14.8. The number of aromatic nitrogens is 1. The predicted octanol–water partition coefficient (Wildman–Crippen LogP) is 4.94. The second kappa shape index (κ2) is 13.1. The number of benzene rings is 3. The van der Waals surface area contributed by atoms with Gasteiger partial charge in [-0.2, -0.15) is 5.26 Å². The molecule has 57 heavy (non-hydrogen) atoms. The van der Waals surface area contributed by atoms with Crippen LogP contribution < -0.4 is 24.3 Å². The highest BCUT2D eigenvalue weighted by atomic mass is 32.2. The molecule has 0 aliphatic carbocycles. The third-order valence-corrected chi connectivity index (χ3v) is 14.6. The summed E-state index contributed by atoms with van der Waals surface area (Å²) in [5.74, 6) is 0.826. The molecule has 1 aromatic heterocycles. The number of nitrogens with one attached hydrogen (secondary N) is 2. The van der Waals surface area contributed by atoms with E-state index in [1.54, 1.807) is 6.07 Å². The van der Waals surface area contributed by atoms with Crippen LogP contribution in [-0.2, 0) is 32.7 Å². The fourth-order valence-electron chi connectivity index (χ4n) is 10.8. The van der Waals surface area contributed by atoms with Crippen molar-refractivity contribution >= 4 is 34.4 Å². The van der Waals surface area contributed by atoms with E-state index >= 15 is 0 Å². The molecule has 296 valence electrons. The average molecular weight is 796 g/mol. The van der Waals surface area contributed by atoms with Gasteiger partial charge in [0, 0.05) is 70.2 Å². The molecule has 8 heterocycles. The quantitative estimate of drug-likeness (QED) is 0.185. The number of phenolic OH excluding ortho intramolecular Hbond substituents is 1. The van der Waals surface area contributed by atoms with E-state index in [0.29, 0.717) is 70.3 Å². The summed E-state index contributed by atoms with van der Waals surface area (Å²) in [6.45, 7) is 5.24. The highest BCUT2D eigenvalue weighted by molar-refractivity contribution is 7.99. The SMILES string of the molecule is COc1c(C)cc2c(c1O)[C@@H]1C3[C@@H]4SC[C@]5(NCCc6c5[nH]c5ccc(F)cc65)C(=O)COC[C@H](c5c6c(c(C)c(OC(C)=O)c54)OCO6)N3[C@@H](C#N)[C@H](C2)N1C. The van der Waals surface area contributed by atoms with Gasteiger partial charge in [0.15, 0.2) is 28.8 Å². The van der Waals surface area contributed by atoms with Crippen molar-refractivity contribution in [2.75, 3.05) is 46.5 Å². The molecule has 0 radical (unpaired) electrons. The number of likely N-dealkylation sites (N-methyl/N-ethyl adjacent to an activating group) is 1. The van der Waals surface area contributed by atoms with Crippen LogP contribution in [0.3, 0.4) is 0 Å². The zero-order valence-electron chi connectivity index (χ0n) is 32.2. The van der Waals surface area contributed by atoms with Crippen molar-refractivity contribution < 1.29 is 42.8 Å². The summed E-state index contributed by atoms with van der Waals surface area (Å²) >= 11 is 1.52. The second-order valence-corrected chi connectivity index (χ2v) is 17.0. The smallest absolute Gasteiger partial charge is 0.308 e. The Morgan fingerprint density at radius 3 is 2.74 bits per heavy atom. The Morgan fingerprint density at radius 2 is 1.96 bits per heavy atom. The standard InChI is InChI=1S/C42H42FN5O8S/c1-18-10-21-11-26-27(13-44)48-28-14-53-15-29(50)42(41-23(8-9-45-42)24-12-22(43)6-7-25(24)46-41)16-57-40(34(48)33(47(26)4)30(21)35(51)36(18)52-5)32-31(28)39-38(54-17-55-39)19(2)37(32)56-20(3)49/h6-7,10,12,26-28,33-34,40,45-46,51H,8-9,11,14-17H2,1-5H3/t26-,27-,28+,33+,34?,40+,42-/m0/s1. The number of halogens is 1. The van der Waals surface area contributed by atoms with Crippen LogP contribution in [-0.4, -0.2) is 96.2 Å². The number of aromatic hydroxyl groups is 1. The lowest BCUT2D eigenvalue weighted by Crippen LogP contribution is -2.69. The number of hydrogen-bond donors (Lipinski definition) is 3. The first-order chi connectivity index (χ1) is 27.5. The summed E-state index contributed by atoms with van der Waals surface area (Å²) in [6.07, 6.45) is 1.08. The molecule has 7 aliphatic rings. The Bertz CT molecular complexity index is 2470. The number of H-pyrrole nitrogens is 1. The summed E-state index contributed by atoms with van der Waals surface area (Å²) in [4.78, 5) is 35.7. The van der Waals surface area contributed by atoms with Crippen molar-refractivity contribution in [3.8, 4) is 34.8 Å². The molecule has 13 nitrogen and oxygen atoms in total. The minimum Gasteiger partial charge on any atom is -0.504 e. The molecule has 2 saturated heterocycles. The normalized spacial score (nSPS) is 28.9. The Balaban J connectivity index is 1.26. The predicted molar refractivity (Wildman–Crippen MR) is 206 cm³/mol. The van der Waals surface area contributed by atoms with E-state index < -0.39 is 40.9 Å². The van der Waals surface area contributed by atoms with E-state index in [9.17, 15) is 24.3 Å². The Labute approximate surface area is 332 Å². The lowest BCUT2D eigenvalue weighted by molar-refractivity contribution is -0.133. The van der Waals surface area contributed by atoms with E-state index in [1.165, 1.54) is 37.9 Å². The average Bonchev–Trinajstić information content (AvgIpc) is 3.81. The van der Waals surface area contributed by atoms with Gasteiger partial charge in [-0.25, -0.2) is 4.39 Å². The van der Waals surface area contributed by atoms with Gasteiger partial charge in [-0.05, 0) is 68.6 Å². The molecule has 1 spiro atoms. The fraction of sp³-hybridized carbons (Fsp3) is 0.452. The summed E-state index contributed by atoms with van der Waals surface area (Å²) in [7, 11) is 3.53. The number of methoxy groups -OCH3 is 1. The number of aromatic amines is 1. The number of fused-ring (bicyclic) bond motifs is 12. The molecule has 15 heteroatoms. The van der Waals surface area contributed by atoms with Crippen molar-refractivity contribution in [3.63, 3.8) is 0 Å². The monoisotopic (exact) mass is 795 g/mol. The van der Waals surface area contributed by atoms with Gasteiger partial charge < -0.3 is 33.8 Å². The first kappa shape index (κ1) is 36.5. The number of esters is 1. The van der Waals surface area contributed by atoms with Crippen molar-refractivity contribution in [3.05, 3.63) is 74.7 Å². The van der Waals surface area contributed by atoms with Crippen LogP contribution in [0.4, 0.5) is 4.39 Å². The van der Waals surface area contributed by atoms with Crippen LogP contribution in [0.15, 0.2) is 24.3 Å². The minimum absolute atomic E-state index is 0.0107. The van der Waals surface area contributed by atoms with Gasteiger partial charge in [0.2, 0.25) is 6.79 Å². The lowest BCUT2D eigenvalue weighted by Gasteiger charge is -2.61. The van der Waals surface area contributed by atoms with E-state index in [0.717, 1.165) is 27.6 Å². The Morgan fingerprint density at radius 1 is 1.16 bits per heavy atom. The molecule has 7 aliphatic heterocycles. The van der Waals surface area contributed by atoms with Crippen LogP contribution in [0.5, 0.6) is 28.7 Å². The first-order valence-corrected chi connectivity index (χ1v) is 20.2. The number of Topliss-reactive ketones (excluding diaryl/α,β-unsaturated/α-hetero) is 1. The summed E-state index contributed by atoms with van der Waals surface area (Å²) in [6, 6.07) is 6.70. The molecule has 0 saturated carbocycles. The van der Waals surface area contributed by atoms with Crippen molar-refractivity contribution in [1.82, 2.24) is 20.1 Å². The number of ketones is 1. The Hall–Kier alpha value is -4.85. The molecular formula is C42H42FN5O8S. The fourth-order valence-corrected chi connectivity index (χ4v) is 12.5. The number of aryl methyl sites for hydroxylation is 1. The summed E-state index contributed by atoms with van der Waals surface area (Å²) in [5, 5.41) is 27.1. The van der Waals surface area contributed by atoms with Crippen LogP contribution in [0.2, 0.25) is 0 Å². The minimum atomic E-state index is -1.28. The van der Waals surface area contributed by atoms with Crippen LogP contribution in [0.1, 0.15) is 68.9 Å². The maximum Gasteiger partial charge on any atom is 0.308 e. The van der Waals surface area contributed by atoms with E-state index in [-0.39, 0.29) is 49.2 Å². The topological polar surface area (TPSA) is 159 Å². The highest BCUT2D eigenvalue weighted by Crippen LogP contribution is 2.64. The van der Waals surface area contributed by atoms with E-state index in [2.05, 4.69) is 26.2 Å². The number of rotatable bonds is 2. The number of ether oxygens (including phenoxy) is 5. The Kier molecular flexibility index (Phi) is 8.38. The number of thioether (sulfide) groups is 1. The van der Waals surface area contributed by atoms with Gasteiger partial charge in [-0.1, -0.05) is 6.07 Å². The third-order valence-electron chi connectivity index (χ3n) is 13.1. The van der Waals surface area contributed by atoms with Gasteiger partial charge >= 0.3 is 5.97 Å². The zero-order valence-corrected chi connectivity index (χ0v) is 33.0. The molecule has 2 fully saturated rings. The largest absolute Gasteiger partial charge is 0.504 e. The number of phenols is 1. The summed E-state index contributed by atoms with van der Waals surface area (Å²) in [5.41, 5.74) is 5.39. The molecule has 3 aromatic carbocycles. The number of piperazine rings is 1. The van der Waals surface area contributed by atoms with E-state index in [4.69, 9.17) is 23.7 Å². The van der Waals surface area contributed by atoms with Gasteiger partial charge in [0.1, 0.15) is 29.8 Å². The van der Waals surface area contributed by atoms with Crippen LogP contribution >= 0.6 is 11.8 Å². The third kappa shape index (κ3) is 5.00. The first-order valence-electron chi connectivity index (χ1n) is 19.2. The van der Waals surface area contributed by atoms with Crippen molar-refractivity contribution in [2.45, 2.75) is 74.6 Å². The molecule has 1 unspecified atom stereocenters. The number of hydrogen-bond acceptors (Lipinski definition) is 13. The van der Waals surface area contributed by atoms with Crippen molar-refractivity contribution in [1.29, 1.82) is 5.26 Å². The molecule has 7 atom stereocenters. The van der Waals surface area contributed by atoms with Crippen molar-refractivity contribution in [2.24, 2.45) is 0 Å². The van der Waals surface area contributed by atoms with Gasteiger partial charge in [-0.15, -0.1) is 11.8 Å². The van der Waals surface area contributed by atoms with Gasteiger partial charge in [0.25, 0.3) is 0 Å². The molecule has 3 N–H and O–H groups in total. The van der Waals surface area contributed by atoms with Crippen LogP contribution in [0, 0.1) is 31.0 Å². The van der Waals surface area contributed by atoms with E-state index in [1.807, 2.05) is 27.0 Å². The van der Waals surface area contributed by atoms with Crippen LogP contribution in [0.25, 0.3) is 10.9 Å². The molecule has 11 rings (SSSR count).